The Kier molecular flexibility index (Phi) is 2.97. The molecule has 0 aliphatic carbocycles. The molecule has 3 aromatic heterocycles. The molecule has 3 heterocycles. The van der Waals surface area contributed by atoms with Gasteiger partial charge >= 0.3 is 5.69 Å². The number of hydrogen-bond acceptors (Lipinski definition) is 5. The van der Waals surface area contributed by atoms with Crippen molar-refractivity contribution < 1.29 is 0 Å². The molecule has 0 spiro atoms. The van der Waals surface area contributed by atoms with Crippen molar-refractivity contribution in [3.8, 4) is 0 Å². The van der Waals surface area contributed by atoms with Gasteiger partial charge in [0.15, 0.2) is 5.65 Å². The van der Waals surface area contributed by atoms with Crippen LogP contribution in [0.25, 0.3) is 5.65 Å². The highest BCUT2D eigenvalue weighted by Crippen LogP contribution is 2.09. The number of fused-ring (bicyclic) bond motifs is 1. The van der Waals surface area contributed by atoms with Crippen LogP contribution in [0, 0.1) is 6.92 Å². The molecule has 0 radical (unpaired) electrons. The zero-order valence-corrected chi connectivity index (χ0v) is 11.2. The molecule has 8 heteroatoms. The topological polar surface area (TPSA) is 92.9 Å². The van der Waals surface area contributed by atoms with Gasteiger partial charge in [-0.15, -0.1) is 0 Å². The van der Waals surface area contributed by atoms with E-state index < -0.39 is 0 Å². The van der Waals surface area contributed by atoms with E-state index in [-0.39, 0.29) is 11.7 Å². The smallest absolute Gasteiger partial charge is 0.349 e. The van der Waals surface area contributed by atoms with Gasteiger partial charge in [-0.3, -0.25) is 0 Å². The maximum absolute atomic E-state index is 11.5. The fourth-order valence-corrected chi connectivity index (χ4v) is 2.18. The van der Waals surface area contributed by atoms with Crippen LogP contribution in [-0.2, 0) is 6.54 Å². The van der Waals surface area contributed by atoms with Crippen LogP contribution >= 0.6 is 0 Å². The molecule has 0 aromatic carbocycles. The first-order chi connectivity index (χ1) is 9.63. The highest BCUT2D eigenvalue weighted by Gasteiger charge is 2.09. The Bertz CT molecular complexity index is 771. The Labute approximate surface area is 114 Å². The van der Waals surface area contributed by atoms with Crippen LogP contribution in [0.3, 0.4) is 0 Å². The molecule has 0 aliphatic rings. The Morgan fingerprint density at radius 2 is 2.35 bits per heavy atom. The van der Waals surface area contributed by atoms with E-state index in [0.29, 0.717) is 17.3 Å². The zero-order chi connectivity index (χ0) is 14.1. The quantitative estimate of drug-likeness (QED) is 0.718. The number of aromatic amines is 1. The molecule has 0 bridgehead atoms. The molecule has 0 saturated heterocycles. The van der Waals surface area contributed by atoms with E-state index in [1.807, 2.05) is 10.8 Å². The minimum atomic E-state index is -0.275. The third-order valence-corrected chi connectivity index (χ3v) is 3.01. The van der Waals surface area contributed by atoms with E-state index in [2.05, 4.69) is 32.4 Å². The average molecular weight is 273 g/mol. The lowest BCUT2D eigenvalue weighted by molar-refractivity contribution is 0.616. The Balaban J connectivity index is 1.82. The molecule has 104 valence electrons. The van der Waals surface area contributed by atoms with Gasteiger partial charge in [0, 0.05) is 31.0 Å². The molecule has 0 saturated carbocycles. The fraction of sp³-hybridized carbons (Fsp3) is 0.333. The lowest BCUT2D eigenvalue weighted by atomic mass is 10.3. The van der Waals surface area contributed by atoms with E-state index in [0.717, 1.165) is 6.54 Å². The average Bonchev–Trinajstić information content (AvgIpc) is 2.99. The largest absolute Gasteiger partial charge is 0.366 e. The van der Waals surface area contributed by atoms with Crippen LogP contribution in [0.2, 0.25) is 0 Å². The van der Waals surface area contributed by atoms with E-state index in [4.69, 9.17) is 0 Å². The number of aromatic nitrogens is 6. The molecule has 0 aliphatic heterocycles. The summed E-state index contributed by atoms with van der Waals surface area (Å²) in [5.74, 6) is 1.29. The molecule has 3 aromatic rings. The first-order valence-electron chi connectivity index (χ1n) is 6.30. The summed E-state index contributed by atoms with van der Waals surface area (Å²) >= 11 is 0. The molecular weight excluding hydrogens is 258 g/mol. The standard InChI is InChI=1S/C12H15N7O/c1-8(6-18-4-3-13-7-18)14-10-5-11-16-17-12(20)19(11)9(2)15-10/h3-5,7-8,14H,6H2,1-2H3,(H,17,20). The van der Waals surface area contributed by atoms with Crippen LogP contribution in [0.5, 0.6) is 0 Å². The Hall–Kier alpha value is -2.64. The molecule has 0 amide bonds. The molecule has 0 fully saturated rings. The second-order valence-corrected chi connectivity index (χ2v) is 4.72. The summed E-state index contributed by atoms with van der Waals surface area (Å²) in [5, 5.41) is 9.66. The lowest BCUT2D eigenvalue weighted by Crippen LogP contribution is -2.23. The van der Waals surface area contributed by atoms with Crippen molar-refractivity contribution in [1.29, 1.82) is 0 Å². The van der Waals surface area contributed by atoms with E-state index in [9.17, 15) is 4.79 Å². The van der Waals surface area contributed by atoms with Crippen molar-refractivity contribution in [3.05, 3.63) is 41.1 Å². The number of aryl methyl sites for hydroxylation is 1. The number of nitrogens with zero attached hydrogens (tertiary/aromatic N) is 5. The van der Waals surface area contributed by atoms with Crippen LogP contribution in [-0.4, -0.2) is 35.2 Å². The van der Waals surface area contributed by atoms with Crippen LogP contribution < -0.4 is 11.0 Å². The molecule has 20 heavy (non-hydrogen) atoms. The molecule has 1 atom stereocenters. The lowest BCUT2D eigenvalue weighted by Gasteiger charge is -2.15. The zero-order valence-electron chi connectivity index (χ0n) is 11.2. The third kappa shape index (κ3) is 2.27. The monoisotopic (exact) mass is 273 g/mol. The Morgan fingerprint density at radius 3 is 3.10 bits per heavy atom. The summed E-state index contributed by atoms with van der Waals surface area (Å²) in [4.78, 5) is 19.9. The van der Waals surface area contributed by atoms with Crippen molar-refractivity contribution in [3.63, 3.8) is 0 Å². The number of anilines is 1. The summed E-state index contributed by atoms with van der Waals surface area (Å²) in [6, 6.07) is 1.92. The van der Waals surface area contributed by atoms with Gasteiger partial charge in [-0.2, -0.15) is 5.10 Å². The number of rotatable bonds is 4. The fourth-order valence-electron chi connectivity index (χ4n) is 2.18. The second-order valence-electron chi connectivity index (χ2n) is 4.72. The van der Waals surface area contributed by atoms with Gasteiger partial charge in [-0.1, -0.05) is 0 Å². The van der Waals surface area contributed by atoms with Crippen molar-refractivity contribution in [2.75, 3.05) is 5.32 Å². The van der Waals surface area contributed by atoms with Gasteiger partial charge in [0.25, 0.3) is 0 Å². The van der Waals surface area contributed by atoms with Crippen molar-refractivity contribution in [1.82, 2.24) is 29.1 Å². The SMILES string of the molecule is Cc1nc(NC(C)Cn2ccnc2)cc2n[nH]c(=O)n12. The van der Waals surface area contributed by atoms with Crippen LogP contribution in [0.1, 0.15) is 12.7 Å². The third-order valence-electron chi connectivity index (χ3n) is 3.01. The van der Waals surface area contributed by atoms with Crippen molar-refractivity contribution in [2.24, 2.45) is 0 Å². The van der Waals surface area contributed by atoms with Gasteiger partial charge in [0.2, 0.25) is 0 Å². The second kappa shape index (κ2) is 4.80. The Morgan fingerprint density at radius 1 is 1.50 bits per heavy atom. The van der Waals surface area contributed by atoms with Crippen LogP contribution in [0.15, 0.2) is 29.6 Å². The van der Waals surface area contributed by atoms with Crippen LogP contribution in [0.4, 0.5) is 5.82 Å². The van der Waals surface area contributed by atoms with E-state index in [1.54, 1.807) is 25.5 Å². The first kappa shape index (κ1) is 12.4. The number of imidazole rings is 1. The highest BCUT2D eigenvalue weighted by atomic mass is 16.1. The van der Waals surface area contributed by atoms with Crippen molar-refractivity contribution >= 4 is 11.5 Å². The molecule has 8 nitrogen and oxygen atoms in total. The summed E-state index contributed by atoms with van der Waals surface area (Å²) in [5.41, 5.74) is 0.280. The summed E-state index contributed by atoms with van der Waals surface area (Å²) in [6.07, 6.45) is 5.43. The maximum Gasteiger partial charge on any atom is 0.349 e. The normalized spacial score (nSPS) is 12.7. The van der Waals surface area contributed by atoms with Gasteiger partial charge in [0.1, 0.15) is 11.6 Å². The van der Waals surface area contributed by atoms with Gasteiger partial charge in [-0.25, -0.2) is 24.3 Å². The van der Waals surface area contributed by atoms with Gasteiger partial charge in [0.05, 0.1) is 6.33 Å². The summed E-state index contributed by atoms with van der Waals surface area (Å²) < 4.78 is 3.42. The number of nitrogens with one attached hydrogen (secondary N) is 2. The first-order valence-corrected chi connectivity index (χ1v) is 6.30. The molecule has 2 N–H and O–H groups in total. The minimum Gasteiger partial charge on any atom is -0.366 e. The van der Waals surface area contributed by atoms with E-state index >= 15 is 0 Å². The van der Waals surface area contributed by atoms with Gasteiger partial charge in [-0.05, 0) is 13.8 Å². The minimum absolute atomic E-state index is 0.171. The summed E-state index contributed by atoms with van der Waals surface area (Å²) in [7, 11) is 0. The number of H-pyrrole nitrogens is 1. The summed E-state index contributed by atoms with van der Waals surface area (Å²) in [6.45, 7) is 4.60. The highest BCUT2D eigenvalue weighted by molar-refractivity contribution is 5.49. The van der Waals surface area contributed by atoms with Gasteiger partial charge < -0.3 is 9.88 Å². The van der Waals surface area contributed by atoms with E-state index in [1.165, 1.54) is 4.40 Å². The van der Waals surface area contributed by atoms with Crippen molar-refractivity contribution in [2.45, 2.75) is 26.4 Å². The number of hydrogen-bond donors (Lipinski definition) is 2. The predicted molar refractivity (Wildman–Crippen MR) is 73.7 cm³/mol. The molecule has 1 unspecified atom stereocenters. The molecular formula is C12H15N7O. The molecule has 3 rings (SSSR count). The maximum atomic E-state index is 11.5. The predicted octanol–water partition coefficient (Wildman–Crippen LogP) is 0.423.